The van der Waals surface area contributed by atoms with Gasteiger partial charge in [-0.1, -0.05) is 88.4 Å². The quantitative estimate of drug-likeness (QED) is 0.237. The summed E-state index contributed by atoms with van der Waals surface area (Å²) in [4.78, 5) is 34.3. The summed E-state index contributed by atoms with van der Waals surface area (Å²) in [6.07, 6.45) is 5.50. The van der Waals surface area contributed by atoms with Crippen molar-refractivity contribution in [3.63, 3.8) is 0 Å². The van der Waals surface area contributed by atoms with E-state index in [0.29, 0.717) is 11.8 Å². The summed E-state index contributed by atoms with van der Waals surface area (Å²) in [5, 5.41) is 0. The van der Waals surface area contributed by atoms with Crippen molar-refractivity contribution in [2.24, 2.45) is 11.8 Å². The van der Waals surface area contributed by atoms with Crippen LogP contribution in [0.5, 0.6) is 0 Å². The molecule has 0 bridgehead atoms. The molecule has 4 heteroatoms. The molecule has 2 aromatic carbocycles. The maximum absolute atomic E-state index is 12.4. The van der Waals surface area contributed by atoms with Crippen molar-refractivity contribution in [2.75, 3.05) is 0 Å². The van der Waals surface area contributed by atoms with Gasteiger partial charge in [-0.15, -0.1) is 0 Å². The Morgan fingerprint density at radius 3 is 1.57 bits per heavy atom. The van der Waals surface area contributed by atoms with Crippen LogP contribution in [0.2, 0.25) is 0 Å². The molecule has 4 aromatic rings. The number of Topliss-reactive ketones (excluding diaryl/α,β-unsaturated/α-hetero) is 2. The second kappa shape index (κ2) is 13.4. The third-order valence-electron chi connectivity index (χ3n) is 8.89. The summed E-state index contributed by atoms with van der Waals surface area (Å²) in [5.41, 5.74) is 8.33. The molecule has 4 atom stereocenters. The molecule has 0 spiro atoms. The number of nitrogens with zero attached hydrogens (tertiary/aromatic N) is 2. The van der Waals surface area contributed by atoms with Gasteiger partial charge < -0.3 is 0 Å². The van der Waals surface area contributed by atoms with Gasteiger partial charge in [0.2, 0.25) is 0 Å². The second-order valence-electron chi connectivity index (χ2n) is 12.0. The molecule has 216 valence electrons. The summed E-state index contributed by atoms with van der Waals surface area (Å²) < 4.78 is 0. The molecule has 0 saturated carbocycles. The predicted octanol–water partition coefficient (Wildman–Crippen LogP) is 8.78. The molecule has 0 aliphatic heterocycles. The van der Waals surface area contributed by atoms with Crippen LogP contribution in [-0.2, 0) is 12.8 Å². The summed E-state index contributed by atoms with van der Waals surface area (Å²) in [6.45, 7) is 8.50. The highest BCUT2D eigenvalue weighted by Crippen LogP contribution is 2.36. The van der Waals surface area contributed by atoms with Crippen LogP contribution < -0.4 is 0 Å². The fourth-order valence-corrected chi connectivity index (χ4v) is 6.43. The van der Waals surface area contributed by atoms with Crippen LogP contribution in [0.25, 0.3) is 0 Å². The summed E-state index contributed by atoms with van der Waals surface area (Å²) >= 11 is 0. The molecule has 2 aliphatic rings. The molecule has 4 nitrogen and oxygen atoms in total. The first-order valence-corrected chi connectivity index (χ1v) is 15.5. The number of benzene rings is 2. The van der Waals surface area contributed by atoms with Crippen LogP contribution in [0.4, 0.5) is 0 Å². The molecule has 0 saturated heterocycles. The van der Waals surface area contributed by atoms with Crippen LogP contribution in [0.1, 0.15) is 120 Å². The third-order valence-corrected chi connectivity index (χ3v) is 8.89. The number of aromatic nitrogens is 2. The van der Waals surface area contributed by atoms with Crippen molar-refractivity contribution in [3.8, 4) is 0 Å². The molecule has 2 heterocycles. The average Bonchev–Trinajstić information content (AvgIpc) is 3.02. The van der Waals surface area contributed by atoms with Crippen molar-refractivity contribution in [1.82, 2.24) is 9.97 Å². The Balaban J connectivity index is 0.000000168. The van der Waals surface area contributed by atoms with Crippen molar-refractivity contribution in [2.45, 2.75) is 78.1 Å². The van der Waals surface area contributed by atoms with E-state index in [2.05, 4.69) is 45.0 Å². The highest BCUT2D eigenvalue weighted by Gasteiger charge is 2.32. The lowest BCUT2D eigenvalue weighted by molar-refractivity contribution is 0.0885. The Labute approximate surface area is 250 Å². The van der Waals surface area contributed by atoms with Crippen molar-refractivity contribution >= 4 is 11.6 Å². The first-order valence-electron chi connectivity index (χ1n) is 15.5. The third kappa shape index (κ3) is 6.59. The molecule has 0 fully saturated rings. The lowest BCUT2D eigenvalue weighted by Gasteiger charge is -2.27. The monoisotopic (exact) mass is 558 g/mol. The van der Waals surface area contributed by atoms with Crippen molar-refractivity contribution in [1.29, 1.82) is 0 Å². The molecule has 42 heavy (non-hydrogen) atoms. The summed E-state index contributed by atoms with van der Waals surface area (Å²) in [5.74, 6) is 1.64. The fourth-order valence-electron chi connectivity index (χ4n) is 6.43. The van der Waals surface area contributed by atoms with Gasteiger partial charge in [0.1, 0.15) is 0 Å². The zero-order valence-corrected chi connectivity index (χ0v) is 25.3. The van der Waals surface area contributed by atoms with Gasteiger partial charge in [0.15, 0.2) is 11.6 Å². The fraction of sp³-hybridized carbons (Fsp3) is 0.368. The molecular weight excluding hydrogens is 516 g/mol. The largest absolute Gasteiger partial charge is 0.294 e. The van der Waals surface area contributed by atoms with Crippen LogP contribution in [0.15, 0.2) is 84.9 Å². The Morgan fingerprint density at radius 2 is 1.05 bits per heavy atom. The molecule has 2 aliphatic carbocycles. The van der Waals surface area contributed by atoms with Crippen LogP contribution in [-0.4, -0.2) is 21.5 Å². The maximum Gasteiger partial charge on any atom is 0.167 e. The maximum atomic E-state index is 12.4. The first kappa shape index (κ1) is 29.6. The van der Waals surface area contributed by atoms with Gasteiger partial charge in [-0.3, -0.25) is 19.6 Å². The Hall–Kier alpha value is -3.92. The van der Waals surface area contributed by atoms with Crippen molar-refractivity contribution in [3.05, 3.63) is 130 Å². The van der Waals surface area contributed by atoms with Gasteiger partial charge in [-0.2, -0.15) is 0 Å². The van der Waals surface area contributed by atoms with Gasteiger partial charge >= 0.3 is 0 Å². The SMILES string of the molecule is CCC1CC(C)C(=O)c2ccc(Cc3ccccc3)nc21.CCC1CC(C)c2nc(Cc3ccccc3)ccc2C1=O. The van der Waals surface area contributed by atoms with E-state index in [4.69, 9.17) is 9.97 Å². The number of hydrogen-bond acceptors (Lipinski definition) is 4. The van der Waals surface area contributed by atoms with E-state index >= 15 is 0 Å². The normalized spacial score (nSPS) is 21.1. The molecule has 2 aromatic heterocycles. The van der Waals surface area contributed by atoms with E-state index in [1.54, 1.807) is 0 Å². The van der Waals surface area contributed by atoms with Gasteiger partial charge in [0.05, 0.1) is 11.4 Å². The Kier molecular flexibility index (Phi) is 9.41. The molecule has 0 radical (unpaired) electrons. The number of rotatable bonds is 6. The first-order chi connectivity index (χ1) is 20.4. The standard InChI is InChI=1S/2C19H21NO/c1-3-15-11-13(2)19(21)17-10-9-16(20-18(15)17)12-14-7-5-4-6-8-14;1-3-15-11-13(2)18-17(19(15)21)10-9-16(20-18)12-14-7-5-4-6-8-14/h2*4-10,13,15H,3,11-12H2,1-2H3. The van der Waals surface area contributed by atoms with E-state index < -0.39 is 0 Å². The van der Waals surface area contributed by atoms with Gasteiger partial charge in [-0.05, 0) is 67.0 Å². The Bertz CT molecular complexity index is 1530. The number of ketones is 2. The van der Waals surface area contributed by atoms with E-state index in [1.807, 2.05) is 67.6 Å². The van der Waals surface area contributed by atoms with E-state index in [0.717, 1.165) is 72.4 Å². The molecule has 0 N–H and O–H groups in total. The number of carbonyl (C=O) groups excluding carboxylic acids is 2. The summed E-state index contributed by atoms with van der Waals surface area (Å²) in [7, 11) is 0. The lowest BCUT2D eigenvalue weighted by Crippen LogP contribution is -2.25. The second-order valence-corrected chi connectivity index (χ2v) is 12.0. The van der Waals surface area contributed by atoms with Gasteiger partial charge in [0, 0.05) is 53.1 Å². The highest BCUT2D eigenvalue weighted by atomic mass is 16.1. The zero-order chi connectivity index (χ0) is 29.6. The van der Waals surface area contributed by atoms with Gasteiger partial charge in [0.25, 0.3) is 0 Å². The van der Waals surface area contributed by atoms with Gasteiger partial charge in [-0.25, -0.2) is 0 Å². The molecular formula is C38H42N2O2. The molecule has 6 rings (SSSR count). The number of hydrogen-bond donors (Lipinski definition) is 0. The minimum atomic E-state index is 0.129. The minimum Gasteiger partial charge on any atom is -0.294 e. The smallest absolute Gasteiger partial charge is 0.167 e. The molecule has 4 unspecified atom stereocenters. The van der Waals surface area contributed by atoms with E-state index in [-0.39, 0.29) is 23.4 Å². The van der Waals surface area contributed by atoms with E-state index in [1.165, 1.54) is 11.1 Å². The number of carbonyl (C=O) groups is 2. The van der Waals surface area contributed by atoms with E-state index in [9.17, 15) is 9.59 Å². The predicted molar refractivity (Wildman–Crippen MR) is 169 cm³/mol. The topological polar surface area (TPSA) is 59.9 Å². The van der Waals surface area contributed by atoms with Crippen LogP contribution in [0.3, 0.4) is 0 Å². The lowest BCUT2D eigenvalue weighted by atomic mass is 9.78. The minimum absolute atomic E-state index is 0.129. The van der Waals surface area contributed by atoms with Crippen LogP contribution >= 0.6 is 0 Å². The highest BCUT2D eigenvalue weighted by molar-refractivity contribution is 6.00. The number of fused-ring (bicyclic) bond motifs is 2. The van der Waals surface area contributed by atoms with Crippen molar-refractivity contribution < 1.29 is 9.59 Å². The summed E-state index contributed by atoms with van der Waals surface area (Å²) in [6, 6.07) is 28.7. The zero-order valence-electron chi connectivity index (χ0n) is 25.3. The molecule has 0 amide bonds. The Morgan fingerprint density at radius 1 is 0.571 bits per heavy atom. The average molecular weight is 559 g/mol. The number of pyridine rings is 2. The van der Waals surface area contributed by atoms with Crippen LogP contribution in [0, 0.1) is 11.8 Å².